The summed E-state index contributed by atoms with van der Waals surface area (Å²) < 4.78 is 12.3. The van der Waals surface area contributed by atoms with Crippen LogP contribution in [0.2, 0.25) is 0 Å². The van der Waals surface area contributed by atoms with Crippen LogP contribution in [0.15, 0.2) is 90.2 Å². The van der Waals surface area contributed by atoms with Gasteiger partial charge in [-0.05, 0) is 30.3 Å². The van der Waals surface area contributed by atoms with Gasteiger partial charge in [-0.1, -0.05) is 48.5 Å². The van der Waals surface area contributed by atoms with Crippen LogP contribution in [0, 0.1) is 0 Å². The molecular weight excluding hydrogens is 404 g/mol. The number of para-hydroxylation sites is 1. The van der Waals surface area contributed by atoms with Gasteiger partial charge in [0.15, 0.2) is 11.5 Å². The number of hydrogen-bond acceptors (Lipinski definition) is 5. The van der Waals surface area contributed by atoms with Crippen LogP contribution in [-0.2, 0) is 0 Å². The maximum absolute atomic E-state index is 12.5. The average molecular weight is 426 g/mol. The lowest BCUT2D eigenvalue weighted by Crippen LogP contribution is -2.17. The second kappa shape index (κ2) is 9.61. The Morgan fingerprint density at radius 2 is 1.62 bits per heavy atom. The fourth-order valence-corrected chi connectivity index (χ4v) is 3.22. The van der Waals surface area contributed by atoms with Crippen LogP contribution < -0.4 is 14.9 Å². The maximum Gasteiger partial charge on any atom is 0.271 e. The van der Waals surface area contributed by atoms with Crippen LogP contribution in [0.4, 0.5) is 0 Å². The summed E-state index contributed by atoms with van der Waals surface area (Å²) in [5.74, 6) is 0.659. The van der Waals surface area contributed by atoms with Crippen molar-refractivity contribution in [2.45, 2.75) is 0 Å². The topological polar surface area (TPSA) is 77.7 Å². The number of rotatable bonds is 7. The van der Waals surface area contributed by atoms with Gasteiger partial charge in [-0.3, -0.25) is 4.79 Å². The molecule has 0 radical (unpaired) electrons. The molecule has 7 nitrogen and oxygen atoms in total. The predicted octanol–water partition coefficient (Wildman–Crippen LogP) is 4.32. The molecule has 0 aliphatic rings. The van der Waals surface area contributed by atoms with Crippen molar-refractivity contribution in [1.82, 2.24) is 15.2 Å². The minimum absolute atomic E-state index is 0.362. The molecule has 0 unspecified atom stereocenters. The molecule has 1 heterocycles. The Labute approximate surface area is 185 Å². The summed E-state index contributed by atoms with van der Waals surface area (Å²) in [6.45, 7) is 0. The van der Waals surface area contributed by atoms with E-state index >= 15 is 0 Å². The number of aromatic nitrogens is 2. The number of ether oxygens (including phenoxy) is 2. The Bertz CT molecular complexity index is 1230. The standard InChI is InChI=1S/C25H22N4O3/c1-31-22-14-13-19(15-23(22)32-2)25(30)27-26-16-20-17-29(21-11-7-4-8-12-21)28-24(20)18-9-5-3-6-10-18/h3-17H,1-2H3,(H,27,30)/b26-16+. The highest BCUT2D eigenvalue weighted by atomic mass is 16.5. The van der Waals surface area contributed by atoms with Crippen molar-refractivity contribution in [2.75, 3.05) is 14.2 Å². The van der Waals surface area contributed by atoms with Gasteiger partial charge >= 0.3 is 0 Å². The number of amides is 1. The number of nitrogens with one attached hydrogen (secondary N) is 1. The molecule has 0 aliphatic carbocycles. The third-order valence-electron chi connectivity index (χ3n) is 4.83. The first-order chi connectivity index (χ1) is 15.7. The molecule has 0 saturated carbocycles. The minimum Gasteiger partial charge on any atom is -0.493 e. The Balaban J connectivity index is 1.59. The van der Waals surface area contributed by atoms with Crippen molar-refractivity contribution in [3.63, 3.8) is 0 Å². The Morgan fingerprint density at radius 1 is 0.938 bits per heavy atom. The largest absolute Gasteiger partial charge is 0.493 e. The lowest BCUT2D eigenvalue weighted by molar-refractivity contribution is 0.0954. The second-order valence-corrected chi connectivity index (χ2v) is 6.85. The first-order valence-electron chi connectivity index (χ1n) is 9.95. The highest BCUT2D eigenvalue weighted by molar-refractivity contribution is 5.96. The van der Waals surface area contributed by atoms with Crippen molar-refractivity contribution in [3.05, 3.63) is 96.2 Å². The lowest BCUT2D eigenvalue weighted by atomic mass is 10.1. The second-order valence-electron chi connectivity index (χ2n) is 6.85. The van der Waals surface area contributed by atoms with Crippen LogP contribution in [0.3, 0.4) is 0 Å². The van der Waals surface area contributed by atoms with E-state index in [1.807, 2.05) is 66.9 Å². The summed E-state index contributed by atoms with van der Waals surface area (Å²) in [4.78, 5) is 12.5. The van der Waals surface area contributed by atoms with Gasteiger partial charge in [0, 0.05) is 22.9 Å². The predicted molar refractivity (Wildman–Crippen MR) is 124 cm³/mol. The van der Waals surface area contributed by atoms with E-state index in [1.165, 1.54) is 7.11 Å². The van der Waals surface area contributed by atoms with E-state index in [2.05, 4.69) is 10.5 Å². The smallest absolute Gasteiger partial charge is 0.271 e. The number of carbonyl (C=O) groups excluding carboxylic acids is 1. The summed E-state index contributed by atoms with van der Waals surface area (Å²) >= 11 is 0. The lowest BCUT2D eigenvalue weighted by Gasteiger charge is -2.08. The van der Waals surface area contributed by atoms with E-state index < -0.39 is 0 Å². The monoisotopic (exact) mass is 426 g/mol. The van der Waals surface area contributed by atoms with Gasteiger partial charge in [0.2, 0.25) is 0 Å². The fourth-order valence-electron chi connectivity index (χ4n) is 3.22. The van der Waals surface area contributed by atoms with Gasteiger partial charge in [-0.2, -0.15) is 10.2 Å². The number of nitrogens with zero attached hydrogens (tertiary/aromatic N) is 3. The molecule has 160 valence electrons. The SMILES string of the molecule is COc1ccc(C(=O)N/N=C/c2cn(-c3ccccc3)nc2-c2ccccc2)cc1OC. The fraction of sp³-hybridized carbons (Fsp3) is 0.0800. The quantitative estimate of drug-likeness (QED) is 0.353. The summed E-state index contributed by atoms with van der Waals surface area (Å²) in [6.07, 6.45) is 3.47. The molecule has 1 N–H and O–H groups in total. The highest BCUT2D eigenvalue weighted by Crippen LogP contribution is 2.27. The number of hydrogen-bond donors (Lipinski definition) is 1. The molecule has 0 bridgehead atoms. The van der Waals surface area contributed by atoms with Crippen molar-refractivity contribution < 1.29 is 14.3 Å². The summed E-state index contributed by atoms with van der Waals surface area (Å²) in [6, 6.07) is 24.6. The zero-order chi connectivity index (χ0) is 22.3. The van der Waals surface area contributed by atoms with E-state index in [0.29, 0.717) is 17.1 Å². The van der Waals surface area contributed by atoms with Crippen molar-refractivity contribution in [2.24, 2.45) is 5.10 Å². The Morgan fingerprint density at radius 3 is 2.31 bits per heavy atom. The molecule has 0 atom stereocenters. The van der Waals surface area contributed by atoms with E-state index in [1.54, 1.807) is 36.2 Å². The Kier molecular flexibility index (Phi) is 6.27. The maximum atomic E-state index is 12.5. The third kappa shape index (κ3) is 4.52. The highest BCUT2D eigenvalue weighted by Gasteiger charge is 2.12. The van der Waals surface area contributed by atoms with Gasteiger partial charge in [0.1, 0.15) is 5.69 Å². The van der Waals surface area contributed by atoms with Crippen LogP contribution in [0.5, 0.6) is 11.5 Å². The molecule has 0 aliphatic heterocycles. The molecular formula is C25H22N4O3. The van der Waals surface area contributed by atoms with E-state index in [4.69, 9.17) is 14.6 Å². The number of hydrazone groups is 1. The normalized spacial score (nSPS) is 10.8. The van der Waals surface area contributed by atoms with Crippen molar-refractivity contribution in [1.29, 1.82) is 0 Å². The van der Waals surface area contributed by atoms with Gasteiger partial charge < -0.3 is 9.47 Å². The van der Waals surface area contributed by atoms with Gasteiger partial charge in [0.05, 0.1) is 26.1 Å². The molecule has 1 amide bonds. The first kappa shape index (κ1) is 20.9. The van der Waals surface area contributed by atoms with Crippen LogP contribution in [0.1, 0.15) is 15.9 Å². The zero-order valence-electron chi connectivity index (χ0n) is 17.7. The summed E-state index contributed by atoms with van der Waals surface area (Å²) in [5.41, 5.74) is 6.38. The van der Waals surface area contributed by atoms with Gasteiger partial charge in [0.25, 0.3) is 5.91 Å². The van der Waals surface area contributed by atoms with Crippen LogP contribution in [-0.4, -0.2) is 36.1 Å². The molecule has 1 aromatic heterocycles. The summed E-state index contributed by atoms with van der Waals surface area (Å²) in [5, 5.41) is 8.89. The van der Waals surface area contributed by atoms with Gasteiger partial charge in [-0.25, -0.2) is 10.1 Å². The van der Waals surface area contributed by atoms with E-state index in [0.717, 1.165) is 22.5 Å². The molecule has 32 heavy (non-hydrogen) atoms. The van der Waals surface area contributed by atoms with Crippen molar-refractivity contribution >= 4 is 12.1 Å². The molecule has 0 spiro atoms. The molecule has 0 saturated heterocycles. The van der Waals surface area contributed by atoms with Crippen molar-refractivity contribution in [3.8, 4) is 28.4 Å². The van der Waals surface area contributed by atoms with Crippen LogP contribution in [0.25, 0.3) is 16.9 Å². The minimum atomic E-state index is -0.362. The van der Waals surface area contributed by atoms with E-state index in [9.17, 15) is 4.79 Å². The van der Waals surface area contributed by atoms with E-state index in [-0.39, 0.29) is 5.91 Å². The first-order valence-corrected chi connectivity index (χ1v) is 9.95. The third-order valence-corrected chi connectivity index (χ3v) is 4.83. The number of benzene rings is 3. The molecule has 7 heteroatoms. The van der Waals surface area contributed by atoms with Crippen LogP contribution >= 0.6 is 0 Å². The molecule has 4 aromatic rings. The van der Waals surface area contributed by atoms with Gasteiger partial charge in [-0.15, -0.1) is 0 Å². The molecule has 0 fully saturated rings. The molecule has 4 rings (SSSR count). The zero-order valence-corrected chi connectivity index (χ0v) is 17.7. The Hall–Kier alpha value is -4.39. The summed E-state index contributed by atoms with van der Waals surface area (Å²) in [7, 11) is 3.06. The average Bonchev–Trinajstić information content (AvgIpc) is 3.28. The molecule has 3 aromatic carbocycles. The number of carbonyl (C=O) groups is 1. The number of methoxy groups -OCH3 is 2.